The van der Waals surface area contributed by atoms with Gasteiger partial charge in [0.2, 0.25) is 5.91 Å². The van der Waals surface area contributed by atoms with Crippen molar-refractivity contribution in [2.24, 2.45) is 0 Å². The molecule has 0 unspecified atom stereocenters. The van der Waals surface area contributed by atoms with Crippen molar-refractivity contribution in [3.05, 3.63) is 84.3 Å². The van der Waals surface area contributed by atoms with Crippen LogP contribution in [0.15, 0.2) is 66.9 Å². The first-order chi connectivity index (χ1) is 17.0. The van der Waals surface area contributed by atoms with E-state index in [-0.39, 0.29) is 29.9 Å². The van der Waals surface area contributed by atoms with Gasteiger partial charge < -0.3 is 9.80 Å². The molecular weight excluding hydrogens is 457 g/mol. The number of amides is 1. The summed E-state index contributed by atoms with van der Waals surface area (Å²) in [5, 5.41) is 4.50. The lowest BCUT2D eigenvalue weighted by molar-refractivity contribution is -0.132. The van der Waals surface area contributed by atoms with E-state index in [1.54, 1.807) is 29.2 Å². The van der Waals surface area contributed by atoms with Gasteiger partial charge in [0.15, 0.2) is 11.6 Å². The number of anilines is 1. The summed E-state index contributed by atoms with van der Waals surface area (Å²) >= 11 is 0. The normalized spacial score (nSPS) is 13.8. The molecule has 178 valence electrons. The van der Waals surface area contributed by atoms with Gasteiger partial charge in [-0.05, 0) is 54.6 Å². The fourth-order valence-corrected chi connectivity index (χ4v) is 3.97. The summed E-state index contributed by atoms with van der Waals surface area (Å²) < 4.78 is 41.8. The standard InChI is InChI=1S/C25H21F3N6O/c26-19-5-1-17(2-6-19)24-30-25(18-3-7-20(27)8-4-18)34(31-24)16-23(35)33-13-11-32(12-14-33)22-15-21(28)9-10-29-22/h1-10,15H,11-14,16H2. The molecule has 1 fully saturated rings. The summed E-state index contributed by atoms with van der Waals surface area (Å²) in [5.41, 5.74) is 1.19. The zero-order valence-corrected chi connectivity index (χ0v) is 18.6. The largest absolute Gasteiger partial charge is 0.353 e. The van der Waals surface area contributed by atoms with Crippen LogP contribution >= 0.6 is 0 Å². The van der Waals surface area contributed by atoms with Gasteiger partial charge in [-0.25, -0.2) is 27.8 Å². The minimum absolute atomic E-state index is 0.0703. The average Bonchev–Trinajstić information content (AvgIpc) is 3.28. The Balaban J connectivity index is 1.35. The number of piperazine rings is 1. The fourth-order valence-electron chi connectivity index (χ4n) is 3.97. The SMILES string of the molecule is O=C(Cn1nc(-c2ccc(F)cc2)nc1-c1ccc(F)cc1)N1CCN(c2cc(F)ccn2)CC1. The van der Waals surface area contributed by atoms with Gasteiger partial charge in [-0.1, -0.05) is 0 Å². The second-order valence-corrected chi connectivity index (χ2v) is 8.13. The summed E-state index contributed by atoms with van der Waals surface area (Å²) in [6.07, 6.45) is 1.42. The zero-order valence-electron chi connectivity index (χ0n) is 18.6. The van der Waals surface area contributed by atoms with Gasteiger partial charge in [-0.2, -0.15) is 0 Å². The molecule has 1 aliphatic heterocycles. The molecule has 0 saturated carbocycles. The highest BCUT2D eigenvalue weighted by Gasteiger charge is 2.24. The first-order valence-electron chi connectivity index (χ1n) is 11.1. The summed E-state index contributed by atoms with van der Waals surface area (Å²) in [6.45, 7) is 1.86. The molecule has 0 radical (unpaired) electrons. The van der Waals surface area contributed by atoms with Crippen LogP contribution in [-0.2, 0) is 11.3 Å². The third-order valence-electron chi connectivity index (χ3n) is 5.83. The van der Waals surface area contributed by atoms with Crippen molar-refractivity contribution >= 4 is 11.7 Å². The maximum atomic E-state index is 13.5. The first kappa shape index (κ1) is 22.6. The summed E-state index contributed by atoms with van der Waals surface area (Å²) in [4.78, 5) is 25.5. The van der Waals surface area contributed by atoms with Crippen molar-refractivity contribution in [1.82, 2.24) is 24.6 Å². The lowest BCUT2D eigenvalue weighted by atomic mass is 10.2. The number of hydrogen-bond donors (Lipinski definition) is 0. The average molecular weight is 478 g/mol. The third-order valence-corrected chi connectivity index (χ3v) is 5.83. The van der Waals surface area contributed by atoms with Crippen molar-refractivity contribution in [3.8, 4) is 22.8 Å². The van der Waals surface area contributed by atoms with Crippen molar-refractivity contribution in [2.45, 2.75) is 6.54 Å². The molecule has 2 aromatic heterocycles. The molecule has 0 bridgehead atoms. The molecule has 3 heterocycles. The van der Waals surface area contributed by atoms with Gasteiger partial charge in [0, 0.05) is 49.6 Å². The highest BCUT2D eigenvalue weighted by molar-refractivity contribution is 5.77. The predicted molar refractivity (Wildman–Crippen MR) is 124 cm³/mol. The molecule has 1 saturated heterocycles. The monoisotopic (exact) mass is 478 g/mol. The van der Waals surface area contributed by atoms with E-state index in [4.69, 9.17) is 0 Å². The van der Waals surface area contributed by atoms with Crippen LogP contribution in [0, 0.1) is 17.5 Å². The molecule has 0 spiro atoms. The van der Waals surface area contributed by atoms with E-state index in [2.05, 4.69) is 15.1 Å². The number of carbonyl (C=O) groups is 1. The van der Waals surface area contributed by atoms with Crippen LogP contribution in [0.3, 0.4) is 0 Å². The maximum Gasteiger partial charge on any atom is 0.244 e. The molecular formula is C25H21F3N6O. The Hall–Kier alpha value is -4.21. The minimum Gasteiger partial charge on any atom is -0.353 e. The summed E-state index contributed by atoms with van der Waals surface area (Å²) in [6, 6.07) is 14.2. The minimum atomic E-state index is -0.389. The lowest BCUT2D eigenvalue weighted by Crippen LogP contribution is -2.50. The Morgan fingerprint density at radius 1 is 0.800 bits per heavy atom. The first-order valence-corrected chi connectivity index (χ1v) is 11.1. The van der Waals surface area contributed by atoms with E-state index >= 15 is 0 Å². The Kier molecular flexibility index (Phi) is 6.17. The van der Waals surface area contributed by atoms with Gasteiger partial charge >= 0.3 is 0 Å². The highest BCUT2D eigenvalue weighted by atomic mass is 19.1. The Labute approximate surface area is 199 Å². The zero-order chi connectivity index (χ0) is 24.4. The molecule has 35 heavy (non-hydrogen) atoms. The molecule has 2 aromatic carbocycles. The van der Waals surface area contributed by atoms with E-state index in [0.717, 1.165) is 0 Å². The maximum absolute atomic E-state index is 13.5. The van der Waals surface area contributed by atoms with Gasteiger partial charge in [0.25, 0.3) is 0 Å². The molecule has 0 aliphatic carbocycles. The van der Waals surface area contributed by atoms with E-state index in [1.807, 2.05) is 4.90 Å². The quantitative estimate of drug-likeness (QED) is 0.437. The third kappa shape index (κ3) is 5.01. The van der Waals surface area contributed by atoms with E-state index in [0.29, 0.717) is 54.8 Å². The van der Waals surface area contributed by atoms with E-state index in [9.17, 15) is 18.0 Å². The number of hydrogen-bond acceptors (Lipinski definition) is 5. The van der Waals surface area contributed by atoms with Crippen molar-refractivity contribution < 1.29 is 18.0 Å². The smallest absolute Gasteiger partial charge is 0.244 e. The summed E-state index contributed by atoms with van der Waals surface area (Å²) in [7, 11) is 0. The molecule has 0 atom stereocenters. The lowest BCUT2D eigenvalue weighted by Gasteiger charge is -2.35. The predicted octanol–water partition coefficient (Wildman–Crippen LogP) is 3.77. The second kappa shape index (κ2) is 9.57. The Bertz CT molecular complexity index is 1330. The Morgan fingerprint density at radius 2 is 1.43 bits per heavy atom. The van der Waals surface area contributed by atoms with Crippen molar-refractivity contribution in [1.29, 1.82) is 0 Å². The molecule has 5 rings (SSSR count). The number of aromatic nitrogens is 4. The number of halogens is 3. The second-order valence-electron chi connectivity index (χ2n) is 8.13. The Morgan fingerprint density at radius 3 is 2.06 bits per heavy atom. The molecule has 1 aliphatic rings. The van der Waals surface area contributed by atoms with Crippen LogP contribution in [0.25, 0.3) is 22.8 Å². The molecule has 1 amide bonds. The van der Waals surface area contributed by atoms with Crippen LogP contribution in [0.2, 0.25) is 0 Å². The molecule has 10 heteroatoms. The van der Waals surface area contributed by atoms with Gasteiger partial charge in [0.05, 0.1) is 0 Å². The number of nitrogens with zero attached hydrogens (tertiary/aromatic N) is 6. The van der Waals surface area contributed by atoms with Crippen LogP contribution < -0.4 is 4.90 Å². The number of rotatable bonds is 5. The van der Waals surface area contributed by atoms with E-state index in [1.165, 1.54) is 47.3 Å². The van der Waals surface area contributed by atoms with Crippen LogP contribution in [0.4, 0.5) is 19.0 Å². The number of pyridine rings is 1. The van der Waals surface area contributed by atoms with Gasteiger partial charge in [0.1, 0.15) is 29.8 Å². The van der Waals surface area contributed by atoms with Crippen molar-refractivity contribution in [3.63, 3.8) is 0 Å². The van der Waals surface area contributed by atoms with E-state index < -0.39 is 0 Å². The molecule has 4 aromatic rings. The van der Waals surface area contributed by atoms with Crippen LogP contribution in [0.1, 0.15) is 0 Å². The topological polar surface area (TPSA) is 67.2 Å². The molecule has 0 N–H and O–H groups in total. The van der Waals surface area contributed by atoms with Gasteiger partial charge in [-0.3, -0.25) is 4.79 Å². The number of carbonyl (C=O) groups excluding carboxylic acids is 1. The highest BCUT2D eigenvalue weighted by Crippen LogP contribution is 2.24. The van der Waals surface area contributed by atoms with Crippen LogP contribution in [-0.4, -0.2) is 56.7 Å². The number of benzene rings is 2. The van der Waals surface area contributed by atoms with Crippen LogP contribution in [0.5, 0.6) is 0 Å². The molecule has 7 nitrogen and oxygen atoms in total. The van der Waals surface area contributed by atoms with Crippen molar-refractivity contribution in [2.75, 3.05) is 31.1 Å². The summed E-state index contributed by atoms with van der Waals surface area (Å²) in [5.74, 6) is -0.00828. The van der Waals surface area contributed by atoms with Gasteiger partial charge in [-0.15, -0.1) is 5.10 Å². The fraction of sp³-hybridized carbons (Fsp3) is 0.200.